The molecule has 0 spiro atoms. The molecule has 0 aliphatic rings. The van der Waals surface area contributed by atoms with Crippen LogP contribution in [0.2, 0.25) is 0 Å². The number of hydrogen-bond donors (Lipinski definition) is 0. The van der Waals surface area contributed by atoms with E-state index in [1.807, 2.05) is 12.1 Å². The van der Waals surface area contributed by atoms with E-state index in [1.54, 1.807) is 24.4 Å². The molecule has 0 saturated heterocycles. The smallest absolute Gasteiger partial charge is 0.147 e. The maximum atomic E-state index is 13.4. The minimum atomic E-state index is -0.331. The van der Waals surface area contributed by atoms with Crippen molar-refractivity contribution in [3.63, 3.8) is 0 Å². The summed E-state index contributed by atoms with van der Waals surface area (Å²) >= 11 is 4.66. The van der Waals surface area contributed by atoms with Gasteiger partial charge >= 0.3 is 0 Å². The number of nitrogens with zero attached hydrogens (tertiary/aromatic N) is 1. The number of benzene rings is 1. The normalized spacial score (nSPS) is 10.4. The monoisotopic (exact) mass is 339 g/mol. The number of carbonyl (C=O) groups excluding carboxylic acids is 1. The van der Waals surface area contributed by atoms with Crippen molar-refractivity contribution < 1.29 is 9.18 Å². The highest BCUT2D eigenvalue weighted by Gasteiger charge is 2.08. The maximum absolute atomic E-state index is 13.4. The lowest BCUT2D eigenvalue weighted by molar-refractivity contribution is -0.116. The minimum absolute atomic E-state index is 0.0141. The number of carbonyl (C=O) groups is 1. The molecular formula is C14H11BrFNOS. The number of hydrogen-bond acceptors (Lipinski definition) is 3. The average Bonchev–Trinajstić information content (AvgIpc) is 2.41. The zero-order valence-corrected chi connectivity index (χ0v) is 12.4. The third kappa shape index (κ3) is 4.44. The second-order valence-corrected chi connectivity index (χ2v) is 5.82. The van der Waals surface area contributed by atoms with Crippen LogP contribution in [0.1, 0.15) is 5.56 Å². The molecule has 0 unspecified atom stereocenters. The SMILES string of the molecule is O=C(CSc1ccc(Br)cn1)Cc1ccccc1F. The summed E-state index contributed by atoms with van der Waals surface area (Å²) in [6.45, 7) is 0. The van der Waals surface area contributed by atoms with Gasteiger partial charge in [-0.2, -0.15) is 0 Å². The molecule has 1 aromatic carbocycles. The van der Waals surface area contributed by atoms with Crippen LogP contribution in [-0.4, -0.2) is 16.5 Å². The highest BCUT2D eigenvalue weighted by Crippen LogP contribution is 2.18. The molecule has 0 N–H and O–H groups in total. The third-order valence-corrected chi connectivity index (χ3v) is 3.90. The number of halogens is 2. The molecule has 0 aliphatic heterocycles. The van der Waals surface area contributed by atoms with Gasteiger partial charge in [0, 0.05) is 17.1 Å². The minimum Gasteiger partial charge on any atom is -0.298 e. The lowest BCUT2D eigenvalue weighted by atomic mass is 10.1. The van der Waals surface area contributed by atoms with Crippen LogP contribution in [0.25, 0.3) is 0 Å². The molecule has 2 nitrogen and oxygen atoms in total. The fourth-order valence-corrected chi connectivity index (χ4v) is 2.44. The van der Waals surface area contributed by atoms with Gasteiger partial charge in [0.2, 0.25) is 0 Å². The van der Waals surface area contributed by atoms with Crippen LogP contribution < -0.4 is 0 Å². The van der Waals surface area contributed by atoms with E-state index in [0.29, 0.717) is 11.3 Å². The van der Waals surface area contributed by atoms with Crippen LogP contribution >= 0.6 is 27.7 Å². The highest BCUT2D eigenvalue weighted by molar-refractivity contribution is 9.10. The lowest BCUT2D eigenvalue weighted by Gasteiger charge is -2.03. The van der Waals surface area contributed by atoms with Crippen LogP contribution in [0.3, 0.4) is 0 Å². The molecule has 2 aromatic rings. The maximum Gasteiger partial charge on any atom is 0.147 e. The first-order valence-corrected chi connectivity index (χ1v) is 7.42. The van der Waals surface area contributed by atoms with Gasteiger partial charge in [-0.1, -0.05) is 30.0 Å². The van der Waals surface area contributed by atoms with Crippen molar-refractivity contribution in [3.8, 4) is 0 Å². The number of Topliss-reactive ketones (excluding diaryl/α,β-unsaturated/α-hetero) is 1. The fraction of sp³-hybridized carbons (Fsp3) is 0.143. The van der Waals surface area contributed by atoms with Crippen LogP contribution in [0, 0.1) is 5.82 Å². The fourth-order valence-electron chi connectivity index (χ4n) is 1.51. The van der Waals surface area contributed by atoms with Gasteiger partial charge in [-0.25, -0.2) is 9.37 Å². The van der Waals surface area contributed by atoms with Gasteiger partial charge in [0.25, 0.3) is 0 Å². The summed E-state index contributed by atoms with van der Waals surface area (Å²) in [6, 6.07) is 10.1. The van der Waals surface area contributed by atoms with E-state index in [2.05, 4.69) is 20.9 Å². The van der Waals surface area contributed by atoms with Gasteiger partial charge in [-0.3, -0.25) is 4.79 Å². The highest BCUT2D eigenvalue weighted by atomic mass is 79.9. The van der Waals surface area contributed by atoms with Crippen molar-refractivity contribution in [1.29, 1.82) is 0 Å². The average molecular weight is 340 g/mol. The van der Waals surface area contributed by atoms with Gasteiger partial charge < -0.3 is 0 Å². The summed E-state index contributed by atoms with van der Waals surface area (Å²) < 4.78 is 14.3. The summed E-state index contributed by atoms with van der Waals surface area (Å²) in [5.74, 6) is -0.0504. The third-order valence-electron chi connectivity index (χ3n) is 2.43. The zero-order valence-electron chi connectivity index (χ0n) is 9.98. The van der Waals surface area contributed by atoms with Crippen molar-refractivity contribution in [2.24, 2.45) is 0 Å². The van der Waals surface area contributed by atoms with Gasteiger partial charge in [0.1, 0.15) is 11.6 Å². The van der Waals surface area contributed by atoms with Crippen molar-refractivity contribution in [1.82, 2.24) is 4.98 Å². The Kier molecular flexibility index (Phi) is 5.10. The number of rotatable bonds is 5. The van der Waals surface area contributed by atoms with Crippen molar-refractivity contribution >= 4 is 33.5 Å². The van der Waals surface area contributed by atoms with E-state index in [-0.39, 0.29) is 18.0 Å². The first-order valence-electron chi connectivity index (χ1n) is 5.64. The Balaban J connectivity index is 1.88. The van der Waals surface area contributed by atoms with E-state index in [1.165, 1.54) is 17.8 Å². The summed E-state index contributed by atoms with van der Waals surface area (Å²) in [4.78, 5) is 15.9. The van der Waals surface area contributed by atoms with E-state index in [9.17, 15) is 9.18 Å². The molecule has 0 radical (unpaired) electrons. The predicted molar refractivity (Wildman–Crippen MR) is 77.8 cm³/mol. The van der Waals surface area contributed by atoms with E-state index in [0.717, 1.165) is 9.50 Å². The second-order valence-electron chi connectivity index (χ2n) is 3.91. The first-order chi connectivity index (χ1) is 9.15. The molecule has 2 rings (SSSR count). The molecule has 0 bridgehead atoms. The number of pyridine rings is 1. The molecule has 98 valence electrons. The molecular weight excluding hydrogens is 329 g/mol. The van der Waals surface area contributed by atoms with Crippen LogP contribution in [0.5, 0.6) is 0 Å². The number of aromatic nitrogens is 1. The standard InChI is InChI=1S/C14H11BrFNOS/c15-11-5-6-14(17-8-11)19-9-12(18)7-10-3-1-2-4-13(10)16/h1-6,8H,7,9H2. The number of ketones is 1. The van der Waals surface area contributed by atoms with Gasteiger partial charge in [0.15, 0.2) is 0 Å². The summed E-state index contributed by atoms with van der Waals surface area (Å²) in [6.07, 6.45) is 1.81. The summed E-state index contributed by atoms with van der Waals surface area (Å²) in [7, 11) is 0. The largest absolute Gasteiger partial charge is 0.298 e. The molecule has 0 saturated carbocycles. The van der Waals surface area contributed by atoms with Crippen LogP contribution in [0.4, 0.5) is 4.39 Å². The summed E-state index contributed by atoms with van der Waals surface area (Å²) in [5.41, 5.74) is 0.442. The molecule has 0 fully saturated rings. The first kappa shape index (κ1) is 14.2. The molecule has 0 aliphatic carbocycles. The Bertz CT molecular complexity index is 574. The Hall–Kier alpha value is -1.20. The quantitative estimate of drug-likeness (QED) is 0.774. The molecule has 1 aromatic heterocycles. The van der Waals surface area contributed by atoms with Crippen LogP contribution in [0.15, 0.2) is 52.1 Å². The van der Waals surface area contributed by atoms with Crippen molar-refractivity contribution in [2.45, 2.75) is 11.4 Å². The molecule has 0 atom stereocenters. The zero-order chi connectivity index (χ0) is 13.7. The molecule has 1 heterocycles. The summed E-state index contributed by atoms with van der Waals surface area (Å²) in [5, 5.41) is 0.782. The van der Waals surface area contributed by atoms with Gasteiger partial charge in [-0.15, -0.1) is 0 Å². The Labute approximate surface area is 123 Å². The van der Waals surface area contributed by atoms with Gasteiger partial charge in [0.05, 0.1) is 10.8 Å². The van der Waals surface area contributed by atoms with Crippen molar-refractivity contribution in [2.75, 3.05) is 5.75 Å². The van der Waals surface area contributed by atoms with Crippen molar-refractivity contribution in [3.05, 3.63) is 58.4 Å². The molecule has 19 heavy (non-hydrogen) atoms. The van der Waals surface area contributed by atoms with Gasteiger partial charge in [-0.05, 0) is 39.7 Å². The predicted octanol–water partition coefficient (Wildman–Crippen LogP) is 3.89. The van der Waals surface area contributed by atoms with Crippen LogP contribution in [-0.2, 0) is 11.2 Å². The Morgan fingerprint density at radius 1 is 1.26 bits per heavy atom. The number of thioether (sulfide) groups is 1. The second kappa shape index (κ2) is 6.82. The molecule has 0 amide bonds. The lowest BCUT2D eigenvalue weighted by Crippen LogP contribution is -2.07. The van der Waals surface area contributed by atoms with E-state index < -0.39 is 0 Å². The van der Waals surface area contributed by atoms with E-state index >= 15 is 0 Å². The Morgan fingerprint density at radius 3 is 2.74 bits per heavy atom. The molecule has 5 heteroatoms. The van der Waals surface area contributed by atoms with E-state index in [4.69, 9.17) is 0 Å². The topological polar surface area (TPSA) is 30.0 Å². The Morgan fingerprint density at radius 2 is 2.05 bits per heavy atom.